The molecule has 0 aliphatic heterocycles. The number of aryl methyl sites for hydroxylation is 1. The molecule has 5 nitrogen and oxygen atoms in total. The number of carboxylic acids is 1. The van der Waals surface area contributed by atoms with Gasteiger partial charge in [-0.25, -0.2) is 0 Å². The number of rotatable bonds is 4. The number of carbonyl (C=O) groups is 1. The Hall–Kier alpha value is -1.39. The summed E-state index contributed by atoms with van der Waals surface area (Å²) in [5, 5.41) is 13.1. The number of aliphatic carboxylic acids is 1. The second-order valence-electron chi connectivity index (χ2n) is 4.43. The van der Waals surface area contributed by atoms with E-state index < -0.39 is 11.4 Å². The standard InChI is InChI=1S/C11H16N2O3/c1-2-8-12-9(16-13-8)7-11(10(14)15)5-3-4-6-11/h2-7H2,1H3,(H,14,15). The molecule has 2 rings (SSSR count). The van der Waals surface area contributed by atoms with Crippen LogP contribution in [-0.4, -0.2) is 21.2 Å². The monoisotopic (exact) mass is 224 g/mol. The van der Waals surface area contributed by atoms with Gasteiger partial charge in [0, 0.05) is 12.8 Å². The number of hydrogen-bond donors (Lipinski definition) is 1. The van der Waals surface area contributed by atoms with Crippen LogP contribution in [0, 0.1) is 5.41 Å². The van der Waals surface area contributed by atoms with Gasteiger partial charge in [0.1, 0.15) is 0 Å². The zero-order chi connectivity index (χ0) is 11.6. The molecular formula is C11H16N2O3. The minimum atomic E-state index is -0.735. The van der Waals surface area contributed by atoms with Gasteiger partial charge in [-0.2, -0.15) is 4.98 Å². The van der Waals surface area contributed by atoms with E-state index in [1.165, 1.54) is 0 Å². The third-order valence-electron chi connectivity index (χ3n) is 3.33. The van der Waals surface area contributed by atoms with E-state index in [1.54, 1.807) is 0 Å². The van der Waals surface area contributed by atoms with Crippen LogP contribution in [0.1, 0.15) is 44.3 Å². The molecule has 1 N–H and O–H groups in total. The van der Waals surface area contributed by atoms with Gasteiger partial charge >= 0.3 is 5.97 Å². The van der Waals surface area contributed by atoms with Gasteiger partial charge in [0.15, 0.2) is 5.82 Å². The molecule has 0 atom stereocenters. The highest BCUT2D eigenvalue weighted by molar-refractivity contribution is 5.75. The Labute approximate surface area is 93.9 Å². The van der Waals surface area contributed by atoms with E-state index in [0.717, 1.165) is 12.8 Å². The van der Waals surface area contributed by atoms with Crippen LogP contribution in [-0.2, 0) is 17.6 Å². The van der Waals surface area contributed by atoms with E-state index in [0.29, 0.717) is 37.4 Å². The fourth-order valence-electron chi connectivity index (χ4n) is 2.31. The Balaban J connectivity index is 2.14. The number of hydrogen-bond acceptors (Lipinski definition) is 4. The number of carboxylic acid groups (broad SMARTS) is 1. The maximum Gasteiger partial charge on any atom is 0.310 e. The third kappa shape index (κ3) is 1.94. The highest BCUT2D eigenvalue weighted by Crippen LogP contribution is 2.40. The Morgan fingerprint density at radius 2 is 2.19 bits per heavy atom. The number of nitrogens with zero attached hydrogens (tertiary/aromatic N) is 2. The van der Waals surface area contributed by atoms with Crippen molar-refractivity contribution in [3.05, 3.63) is 11.7 Å². The van der Waals surface area contributed by atoms with Crippen LogP contribution in [0.2, 0.25) is 0 Å². The van der Waals surface area contributed by atoms with Crippen molar-refractivity contribution < 1.29 is 14.4 Å². The van der Waals surface area contributed by atoms with E-state index in [9.17, 15) is 9.90 Å². The van der Waals surface area contributed by atoms with Gasteiger partial charge in [0.25, 0.3) is 0 Å². The molecule has 1 aromatic heterocycles. The lowest BCUT2D eigenvalue weighted by Gasteiger charge is -2.21. The molecule has 1 aliphatic carbocycles. The molecule has 0 radical (unpaired) electrons. The third-order valence-corrected chi connectivity index (χ3v) is 3.33. The van der Waals surface area contributed by atoms with Crippen molar-refractivity contribution in [2.45, 2.75) is 45.4 Å². The topological polar surface area (TPSA) is 76.2 Å². The molecule has 1 fully saturated rings. The molecular weight excluding hydrogens is 208 g/mol. The van der Waals surface area contributed by atoms with Crippen molar-refractivity contribution in [3.63, 3.8) is 0 Å². The van der Waals surface area contributed by atoms with Crippen LogP contribution in [0.5, 0.6) is 0 Å². The predicted molar refractivity (Wildman–Crippen MR) is 55.9 cm³/mol. The fraction of sp³-hybridized carbons (Fsp3) is 0.727. The van der Waals surface area contributed by atoms with Gasteiger partial charge in [0.05, 0.1) is 5.41 Å². The molecule has 1 aliphatic rings. The van der Waals surface area contributed by atoms with E-state index in [2.05, 4.69) is 10.1 Å². The molecule has 0 spiro atoms. The predicted octanol–water partition coefficient (Wildman–Crippen LogP) is 1.82. The molecule has 5 heteroatoms. The zero-order valence-corrected chi connectivity index (χ0v) is 9.40. The molecule has 1 aromatic rings. The maximum atomic E-state index is 11.3. The summed E-state index contributed by atoms with van der Waals surface area (Å²) in [6.45, 7) is 1.94. The van der Waals surface area contributed by atoms with Gasteiger partial charge in [-0.1, -0.05) is 24.9 Å². The smallest absolute Gasteiger partial charge is 0.310 e. The van der Waals surface area contributed by atoms with Crippen LogP contribution >= 0.6 is 0 Å². The first kappa shape index (κ1) is 11.1. The minimum absolute atomic E-state index is 0.370. The molecule has 0 aromatic carbocycles. The average molecular weight is 224 g/mol. The molecule has 1 heterocycles. The lowest BCUT2D eigenvalue weighted by Crippen LogP contribution is -2.30. The summed E-state index contributed by atoms with van der Waals surface area (Å²) >= 11 is 0. The fourth-order valence-corrected chi connectivity index (χ4v) is 2.31. The quantitative estimate of drug-likeness (QED) is 0.844. The summed E-state index contributed by atoms with van der Waals surface area (Å²) in [5.41, 5.74) is -0.669. The summed E-state index contributed by atoms with van der Waals surface area (Å²) < 4.78 is 5.07. The first-order valence-corrected chi connectivity index (χ1v) is 5.71. The van der Waals surface area contributed by atoms with Crippen LogP contribution in [0.4, 0.5) is 0 Å². The minimum Gasteiger partial charge on any atom is -0.481 e. The molecule has 1 saturated carbocycles. The molecule has 16 heavy (non-hydrogen) atoms. The largest absolute Gasteiger partial charge is 0.481 e. The van der Waals surface area contributed by atoms with Gasteiger partial charge in [-0.15, -0.1) is 0 Å². The lowest BCUT2D eigenvalue weighted by atomic mass is 9.83. The average Bonchev–Trinajstić information content (AvgIpc) is 2.88. The van der Waals surface area contributed by atoms with E-state index in [-0.39, 0.29) is 0 Å². The molecule has 88 valence electrons. The molecule has 0 unspecified atom stereocenters. The first-order chi connectivity index (χ1) is 7.66. The van der Waals surface area contributed by atoms with Gasteiger partial charge in [-0.05, 0) is 12.8 Å². The lowest BCUT2D eigenvalue weighted by molar-refractivity contribution is -0.148. The summed E-state index contributed by atoms with van der Waals surface area (Å²) in [5.74, 6) is 0.371. The number of aromatic nitrogens is 2. The summed E-state index contributed by atoms with van der Waals surface area (Å²) in [7, 11) is 0. The van der Waals surface area contributed by atoms with Crippen LogP contribution in [0.25, 0.3) is 0 Å². The molecule has 0 amide bonds. The van der Waals surface area contributed by atoms with Crippen molar-refractivity contribution in [3.8, 4) is 0 Å². The zero-order valence-electron chi connectivity index (χ0n) is 9.40. The summed E-state index contributed by atoms with van der Waals surface area (Å²) in [6, 6.07) is 0. The van der Waals surface area contributed by atoms with Crippen molar-refractivity contribution in [1.29, 1.82) is 0 Å². The van der Waals surface area contributed by atoms with Gasteiger partial charge < -0.3 is 9.63 Å². The van der Waals surface area contributed by atoms with E-state index in [4.69, 9.17) is 4.52 Å². The Morgan fingerprint density at radius 1 is 1.50 bits per heavy atom. The summed E-state index contributed by atoms with van der Waals surface area (Å²) in [6.07, 6.45) is 4.46. The Kier molecular flexibility index (Phi) is 2.94. The van der Waals surface area contributed by atoms with Crippen molar-refractivity contribution in [2.75, 3.05) is 0 Å². The van der Waals surface area contributed by atoms with E-state index in [1.807, 2.05) is 6.92 Å². The second-order valence-corrected chi connectivity index (χ2v) is 4.43. The maximum absolute atomic E-state index is 11.3. The van der Waals surface area contributed by atoms with Crippen molar-refractivity contribution in [1.82, 2.24) is 10.1 Å². The van der Waals surface area contributed by atoms with Gasteiger partial charge in [0.2, 0.25) is 5.89 Å². The van der Waals surface area contributed by atoms with Gasteiger partial charge in [-0.3, -0.25) is 4.79 Å². The summed E-state index contributed by atoms with van der Waals surface area (Å²) in [4.78, 5) is 15.5. The normalized spacial score (nSPS) is 18.8. The molecule has 0 bridgehead atoms. The van der Waals surface area contributed by atoms with Crippen LogP contribution < -0.4 is 0 Å². The molecule has 0 saturated heterocycles. The van der Waals surface area contributed by atoms with Crippen LogP contribution in [0.15, 0.2) is 4.52 Å². The highest BCUT2D eigenvalue weighted by atomic mass is 16.5. The van der Waals surface area contributed by atoms with Crippen molar-refractivity contribution >= 4 is 5.97 Å². The van der Waals surface area contributed by atoms with Crippen LogP contribution in [0.3, 0.4) is 0 Å². The van der Waals surface area contributed by atoms with Crippen molar-refractivity contribution in [2.24, 2.45) is 5.41 Å². The Bertz CT molecular complexity index is 380. The SMILES string of the molecule is CCc1noc(CC2(C(=O)O)CCCC2)n1. The highest BCUT2D eigenvalue weighted by Gasteiger charge is 2.42. The first-order valence-electron chi connectivity index (χ1n) is 5.71. The second kappa shape index (κ2) is 4.23. The Morgan fingerprint density at radius 3 is 2.69 bits per heavy atom. The van der Waals surface area contributed by atoms with E-state index >= 15 is 0 Å².